The van der Waals surface area contributed by atoms with Crippen LogP contribution in [0, 0.1) is 0 Å². The van der Waals surface area contributed by atoms with Crippen molar-refractivity contribution in [2.75, 3.05) is 19.0 Å². The molecular formula is C11H15ClN2O3. The normalized spacial score (nSPS) is 12.2. The molecule has 1 heterocycles. The highest BCUT2D eigenvalue weighted by Crippen LogP contribution is 2.24. The van der Waals surface area contributed by atoms with Gasteiger partial charge < -0.3 is 15.2 Å². The molecule has 6 heteroatoms. The summed E-state index contributed by atoms with van der Waals surface area (Å²) in [5, 5.41) is 12.1. The van der Waals surface area contributed by atoms with Crippen molar-refractivity contribution in [1.82, 2.24) is 4.98 Å². The van der Waals surface area contributed by atoms with Crippen molar-refractivity contribution < 1.29 is 14.6 Å². The lowest BCUT2D eigenvalue weighted by Crippen LogP contribution is -2.18. The number of pyridine rings is 1. The van der Waals surface area contributed by atoms with E-state index < -0.39 is 5.97 Å². The highest BCUT2D eigenvalue weighted by Gasteiger charge is 2.14. The molecule has 0 amide bonds. The maximum atomic E-state index is 10.9. The molecule has 94 valence electrons. The summed E-state index contributed by atoms with van der Waals surface area (Å²) in [6, 6.07) is 1.47. The second-order valence-electron chi connectivity index (χ2n) is 3.65. The first-order valence-corrected chi connectivity index (χ1v) is 5.57. The molecule has 5 nitrogen and oxygen atoms in total. The maximum absolute atomic E-state index is 10.9. The van der Waals surface area contributed by atoms with Gasteiger partial charge >= 0.3 is 5.97 Å². The minimum absolute atomic E-state index is 0.0445. The van der Waals surface area contributed by atoms with Gasteiger partial charge in [-0.15, -0.1) is 0 Å². The lowest BCUT2D eigenvalue weighted by Gasteiger charge is -2.15. The molecule has 0 aliphatic carbocycles. The van der Waals surface area contributed by atoms with Gasteiger partial charge in [-0.2, -0.15) is 0 Å². The molecule has 0 spiro atoms. The molecule has 2 N–H and O–H groups in total. The zero-order chi connectivity index (χ0) is 12.8. The van der Waals surface area contributed by atoms with E-state index in [9.17, 15) is 4.79 Å². The van der Waals surface area contributed by atoms with E-state index in [0.29, 0.717) is 12.4 Å². The van der Waals surface area contributed by atoms with Crippen LogP contribution in [0.4, 0.5) is 5.82 Å². The predicted octanol–water partition coefficient (Wildman–Crippen LogP) is 2.27. The van der Waals surface area contributed by atoms with E-state index in [1.54, 1.807) is 7.11 Å². The number of aromatic nitrogens is 1. The lowest BCUT2D eigenvalue weighted by molar-refractivity contribution is 0.0697. The quantitative estimate of drug-likeness (QED) is 0.819. The number of rotatable bonds is 6. The molecule has 0 saturated carbocycles. The van der Waals surface area contributed by atoms with Crippen molar-refractivity contribution >= 4 is 23.4 Å². The van der Waals surface area contributed by atoms with Gasteiger partial charge in [-0.3, -0.25) is 0 Å². The van der Waals surface area contributed by atoms with E-state index >= 15 is 0 Å². The molecule has 0 saturated heterocycles. The van der Waals surface area contributed by atoms with Crippen LogP contribution < -0.4 is 5.32 Å². The van der Waals surface area contributed by atoms with Crippen molar-refractivity contribution in [1.29, 1.82) is 0 Å². The van der Waals surface area contributed by atoms with Gasteiger partial charge in [0.25, 0.3) is 0 Å². The SMILES string of the molecule is COCCC(C)Nc1nccc(C(=O)O)c1Cl. The summed E-state index contributed by atoms with van der Waals surface area (Å²) in [6.07, 6.45) is 2.20. The Morgan fingerprint density at radius 2 is 2.41 bits per heavy atom. The minimum Gasteiger partial charge on any atom is -0.478 e. The van der Waals surface area contributed by atoms with Crippen LogP contribution in [0.1, 0.15) is 23.7 Å². The number of carboxylic acids is 1. The molecule has 0 bridgehead atoms. The Morgan fingerprint density at radius 3 is 3.00 bits per heavy atom. The molecule has 1 aromatic rings. The topological polar surface area (TPSA) is 71.5 Å². The van der Waals surface area contributed by atoms with Gasteiger partial charge in [0, 0.05) is 26.0 Å². The Labute approximate surface area is 105 Å². The van der Waals surface area contributed by atoms with Crippen molar-refractivity contribution in [2.45, 2.75) is 19.4 Å². The highest BCUT2D eigenvalue weighted by atomic mass is 35.5. The standard InChI is InChI=1S/C11H15ClN2O3/c1-7(4-6-17-2)14-10-9(12)8(11(15)16)3-5-13-10/h3,5,7H,4,6H2,1-2H3,(H,13,14)(H,15,16). The molecule has 1 atom stereocenters. The molecule has 0 fully saturated rings. The second-order valence-corrected chi connectivity index (χ2v) is 4.03. The monoisotopic (exact) mass is 258 g/mol. The van der Waals surface area contributed by atoms with Gasteiger partial charge in [0.05, 0.1) is 10.6 Å². The third-order valence-corrected chi connectivity index (χ3v) is 2.64. The number of carboxylic acid groups (broad SMARTS) is 1. The van der Waals surface area contributed by atoms with E-state index in [2.05, 4.69) is 10.3 Å². The molecule has 1 rings (SSSR count). The first kappa shape index (κ1) is 13.7. The molecule has 1 unspecified atom stereocenters. The molecular weight excluding hydrogens is 244 g/mol. The van der Waals surface area contributed by atoms with Gasteiger partial charge in [-0.05, 0) is 19.4 Å². The predicted molar refractivity (Wildman–Crippen MR) is 65.8 cm³/mol. The summed E-state index contributed by atoms with van der Waals surface area (Å²) < 4.78 is 4.95. The number of nitrogens with one attached hydrogen (secondary N) is 1. The van der Waals surface area contributed by atoms with E-state index in [-0.39, 0.29) is 16.6 Å². The zero-order valence-electron chi connectivity index (χ0n) is 9.74. The number of aromatic carboxylic acids is 1. The van der Waals surface area contributed by atoms with Gasteiger partial charge in [-0.1, -0.05) is 11.6 Å². The Hall–Kier alpha value is -1.33. The van der Waals surface area contributed by atoms with Gasteiger partial charge in [0.15, 0.2) is 0 Å². The van der Waals surface area contributed by atoms with Gasteiger partial charge in [0.1, 0.15) is 5.82 Å². The molecule has 17 heavy (non-hydrogen) atoms. The zero-order valence-corrected chi connectivity index (χ0v) is 10.5. The van der Waals surface area contributed by atoms with Crippen molar-refractivity contribution in [3.8, 4) is 0 Å². The van der Waals surface area contributed by atoms with Crippen molar-refractivity contribution in [3.63, 3.8) is 0 Å². The number of hydrogen-bond acceptors (Lipinski definition) is 4. The average molecular weight is 259 g/mol. The van der Waals surface area contributed by atoms with Crippen LogP contribution in [0.3, 0.4) is 0 Å². The number of nitrogens with zero attached hydrogens (tertiary/aromatic N) is 1. The third-order valence-electron chi connectivity index (χ3n) is 2.26. The van der Waals surface area contributed by atoms with E-state index in [1.807, 2.05) is 6.92 Å². The smallest absolute Gasteiger partial charge is 0.337 e. The van der Waals surface area contributed by atoms with E-state index in [0.717, 1.165) is 6.42 Å². The van der Waals surface area contributed by atoms with E-state index in [1.165, 1.54) is 12.3 Å². The number of methoxy groups -OCH3 is 1. The van der Waals surface area contributed by atoms with Crippen molar-refractivity contribution in [2.24, 2.45) is 0 Å². The van der Waals surface area contributed by atoms with Crippen LogP contribution in [-0.2, 0) is 4.74 Å². The van der Waals surface area contributed by atoms with Crippen LogP contribution in [0.15, 0.2) is 12.3 Å². The Bertz CT molecular complexity index is 398. The summed E-state index contributed by atoms with van der Waals surface area (Å²) in [5.41, 5.74) is 0.0445. The first-order valence-electron chi connectivity index (χ1n) is 5.19. The molecule has 0 radical (unpaired) electrons. The van der Waals surface area contributed by atoms with Crippen LogP contribution >= 0.6 is 11.6 Å². The van der Waals surface area contributed by atoms with Crippen LogP contribution in [0.2, 0.25) is 5.02 Å². The third kappa shape index (κ3) is 3.87. The highest BCUT2D eigenvalue weighted by molar-refractivity contribution is 6.35. The fourth-order valence-corrected chi connectivity index (χ4v) is 1.56. The van der Waals surface area contributed by atoms with E-state index in [4.69, 9.17) is 21.4 Å². The number of hydrogen-bond donors (Lipinski definition) is 2. The summed E-state index contributed by atoms with van der Waals surface area (Å²) in [5.74, 6) is -0.680. The fourth-order valence-electron chi connectivity index (χ4n) is 1.31. The molecule has 1 aromatic heterocycles. The van der Waals surface area contributed by atoms with Gasteiger partial charge in [-0.25, -0.2) is 9.78 Å². The second kappa shape index (κ2) is 6.42. The number of anilines is 1. The van der Waals surface area contributed by atoms with Crippen LogP contribution in [0.5, 0.6) is 0 Å². The summed E-state index contributed by atoms with van der Waals surface area (Å²) in [4.78, 5) is 14.9. The maximum Gasteiger partial charge on any atom is 0.337 e. The minimum atomic E-state index is -1.06. The van der Waals surface area contributed by atoms with Gasteiger partial charge in [0.2, 0.25) is 0 Å². The Morgan fingerprint density at radius 1 is 1.71 bits per heavy atom. The number of halogens is 1. The molecule has 0 aliphatic rings. The number of carbonyl (C=O) groups is 1. The molecule has 0 aliphatic heterocycles. The van der Waals surface area contributed by atoms with Crippen molar-refractivity contribution in [3.05, 3.63) is 22.8 Å². The largest absolute Gasteiger partial charge is 0.478 e. The molecule has 0 aromatic carbocycles. The Kier molecular flexibility index (Phi) is 5.18. The summed E-state index contributed by atoms with van der Waals surface area (Å²) in [7, 11) is 1.63. The lowest BCUT2D eigenvalue weighted by atomic mass is 10.2. The van der Waals surface area contributed by atoms with Crippen LogP contribution in [-0.4, -0.2) is 35.8 Å². The number of ether oxygens (including phenoxy) is 1. The Balaban J connectivity index is 2.77. The summed E-state index contributed by atoms with van der Waals surface area (Å²) in [6.45, 7) is 2.56. The summed E-state index contributed by atoms with van der Waals surface area (Å²) >= 11 is 5.94. The average Bonchev–Trinajstić information content (AvgIpc) is 2.28. The first-order chi connectivity index (χ1) is 8.06. The fraction of sp³-hybridized carbons (Fsp3) is 0.455. The van der Waals surface area contributed by atoms with Crippen LogP contribution in [0.25, 0.3) is 0 Å².